The Bertz CT molecular complexity index is 105. The van der Waals surface area contributed by atoms with Gasteiger partial charge in [0.25, 0.3) is 0 Å². The third-order valence-corrected chi connectivity index (χ3v) is 2.93. The first kappa shape index (κ1) is 11.0. The molecule has 2 heteroatoms. The summed E-state index contributed by atoms with van der Waals surface area (Å²) in [5, 5.41) is 8.14. The molecule has 2 nitrogen and oxygen atoms in total. The van der Waals surface area contributed by atoms with Gasteiger partial charge >= 0.3 is 0 Å². The van der Waals surface area contributed by atoms with E-state index in [1.165, 1.54) is 38.9 Å². The summed E-state index contributed by atoms with van der Waals surface area (Å²) in [5.74, 6) is 1.55. The van der Waals surface area contributed by atoms with E-state index in [4.69, 9.17) is 5.11 Å². The molecule has 2 bridgehead atoms. The predicted molar refractivity (Wildman–Crippen MR) is 55.7 cm³/mol. The average molecular weight is 185 g/mol. The monoisotopic (exact) mass is 185 g/mol. The van der Waals surface area contributed by atoms with Crippen molar-refractivity contribution in [2.75, 3.05) is 26.2 Å². The number of hydrogen-bond donors (Lipinski definition) is 1. The van der Waals surface area contributed by atoms with Crippen molar-refractivity contribution in [2.24, 2.45) is 11.8 Å². The topological polar surface area (TPSA) is 23.5 Å². The maximum Gasteiger partial charge on any atom is 0.0453 e. The minimum absolute atomic E-state index is 0.306. The van der Waals surface area contributed by atoms with Crippen molar-refractivity contribution in [3.05, 3.63) is 0 Å². The summed E-state index contributed by atoms with van der Waals surface area (Å²) in [4.78, 5) is 2.58. The molecule has 0 aliphatic carbocycles. The lowest BCUT2D eigenvalue weighted by atomic mass is 9.89. The number of nitrogens with zero attached hydrogens (tertiary/aromatic N) is 1. The third kappa shape index (κ3) is 4.10. The fourth-order valence-electron chi connectivity index (χ4n) is 1.86. The first-order chi connectivity index (χ1) is 6.22. The van der Waals surface area contributed by atoms with Crippen molar-refractivity contribution in [1.82, 2.24) is 4.90 Å². The number of piperidine rings is 3. The molecule has 3 heterocycles. The summed E-state index contributed by atoms with van der Waals surface area (Å²) in [7, 11) is 0. The highest BCUT2D eigenvalue weighted by atomic mass is 16.3. The van der Waals surface area contributed by atoms with E-state index < -0.39 is 0 Å². The van der Waals surface area contributed by atoms with Crippen molar-refractivity contribution < 1.29 is 5.11 Å². The van der Waals surface area contributed by atoms with E-state index >= 15 is 0 Å². The fourth-order valence-corrected chi connectivity index (χ4v) is 1.86. The van der Waals surface area contributed by atoms with Gasteiger partial charge in [0.1, 0.15) is 0 Å². The van der Waals surface area contributed by atoms with Crippen LogP contribution in [-0.4, -0.2) is 36.2 Å². The van der Waals surface area contributed by atoms with Crippen LogP contribution >= 0.6 is 0 Å². The minimum atomic E-state index is 0.306. The zero-order chi connectivity index (χ0) is 9.68. The van der Waals surface area contributed by atoms with Crippen LogP contribution in [-0.2, 0) is 0 Å². The molecule has 1 N–H and O–H groups in total. The lowest BCUT2D eigenvalue weighted by Crippen LogP contribution is -2.41. The van der Waals surface area contributed by atoms with Gasteiger partial charge in [0.15, 0.2) is 0 Å². The highest BCUT2D eigenvalue weighted by molar-refractivity contribution is 4.78. The number of hydrogen-bond acceptors (Lipinski definition) is 2. The second-order valence-corrected chi connectivity index (χ2v) is 4.65. The second-order valence-electron chi connectivity index (χ2n) is 4.65. The molecule has 3 saturated heterocycles. The number of rotatable bonds is 1. The average Bonchev–Trinajstić information content (AvgIpc) is 2.21. The van der Waals surface area contributed by atoms with Gasteiger partial charge in [-0.15, -0.1) is 0 Å². The normalized spacial score (nSPS) is 31.4. The van der Waals surface area contributed by atoms with Crippen molar-refractivity contribution >= 4 is 0 Å². The summed E-state index contributed by atoms with van der Waals surface area (Å²) in [6.45, 7) is 8.43. The Morgan fingerprint density at radius 1 is 1.15 bits per heavy atom. The van der Waals surface area contributed by atoms with Gasteiger partial charge in [-0.3, -0.25) is 0 Å². The van der Waals surface area contributed by atoms with Crippen LogP contribution in [0.1, 0.15) is 33.1 Å². The van der Waals surface area contributed by atoms with E-state index in [-0.39, 0.29) is 0 Å². The van der Waals surface area contributed by atoms with Gasteiger partial charge < -0.3 is 10.0 Å². The maximum atomic E-state index is 8.14. The zero-order valence-corrected chi connectivity index (χ0v) is 9.00. The Labute approximate surface area is 81.9 Å². The fraction of sp³-hybridized carbons (Fsp3) is 1.00. The van der Waals surface area contributed by atoms with E-state index in [0.29, 0.717) is 12.5 Å². The third-order valence-electron chi connectivity index (χ3n) is 2.93. The van der Waals surface area contributed by atoms with Crippen LogP contribution in [0.4, 0.5) is 0 Å². The molecule has 3 aliphatic rings. The van der Waals surface area contributed by atoms with Gasteiger partial charge in [0, 0.05) is 6.61 Å². The molecule has 0 unspecified atom stereocenters. The van der Waals surface area contributed by atoms with Crippen LogP contribution in [0, 0.1) is 11.8 Å². The predicted octanol–water partition coefficient (Wildman–Crippen LogP) is 1.74. The van der Waals surface area contributed by atoms with Crippen molar-refractivity contribution in [2.45, 2.75) is 33.1 Å². The van der Waals surface area contributed by atoms with E-state index in [2.05, 4.69) is 4.90 Å². The largest absolute Gasteiger partial charge is 0.396 e. The molecule has 0 spiro atoms. The van der Waals surface area contributed by atoms with Crippen LogP contribution in [0.5, 0.6) is 0 Å². The van der Waals surface area contributed by atoms with Crippen LogP contribution in [0.2, 0.25) is 0 Å². The molecule has 78 valence electrons. The van der Waals surface area contributed by atoms with Gasteiger partial charge in [-0.25, -0.2) is 0 Å². The van der Waals surface area contributed by atoms with Crippen LogP contribution in [0.15, 0.2) is 0 Å². The van der Waals surface area contributed by atoms with Gasteiger partial charge in [-0.1, -0.05) is 13.8 Å². The van der Waals surface area contributed by atoms with Gasteiger partial charge in [-0.05, 0) is 50.7 Å². The summed E-state index contributed by atoms with van der Waals surface area (Å²) >= 11 is 0. The Hall–Kier alpha value is -0.0800. The molecule has 3 fully saturated rings. The summed E-state index contributed by atoms with van der Waals surface area (Å²) in [6.07, 6.45) is 4.46. The summed E-state index contributed by atoms with van der Waals surface area (Å²) in [5.41, 5.74) is 0. The molecule has 13 heavy (non-hydrogen) atoms. The molecule has 0 radical (unpaired) electrons. The summed E-state index contributed by atoms with van der Waals surface area (Å²) < 4.78 is 0. The SMILES string of the molecule is C1CN2CCC1CC2.CC(C)CO. The Balaban J connectivity index is 0.000000149. The van der Waals surface area contributed by atoms with E-state index in [0.717, 1.165) is 5.92 Å². The van der Waals surface area contributed by atoms with E-state index in [1.807, 2.05) is 13.8 Å². The zero-order valence-electron chi connectivity index (χ0n) is 9.00. The van der Waals surface area contributed by atoms with Crippen molar-refractivity contribution in [3.63, 3.8) is 0 Å². The number of aliphatic hydroxyl groups excluding tert-OH is 1. The summed E-state index contributed by atoms with van der Waals surface area (Å²) in [6, 6.07) is 0. The van der Waals surface area contributed by atoms with E-state index in [9.17, 15) is 0 Å². The maximum absolute atomic E-state index is 8.14. The molecular weight excluding hydrogens is 162 g/mol. The van der Waals surface area contributed by atoms with Gasteiger partial charge in [0.05, 0.1) is 0 Å². The van der Waals surface area contributed by atoms with Gasteiger partial charge in [0.2, 0.25) is 0 Å². The molecule has 0 aromatic heterocycles. The number of fused-ring (bicyclic) bond motifs is 3. The first-order valence-electron chi connectivity index (χ1n) is 5.55. The lowest BCUT2D eigenvalue weighted by molar-refractivity contribution is 0.111. The molecule has 0 aromatic rings. The van der Waals surface area contributed by atoms with E-state index in [1.54, 1.807) is 0 Å². The molecule has 0 saturated carbocycles. The highest BCUT2D eigenvalue weighted by Crippen LogP contribution is 2.26. The first-order valence-corrected chi connectivity index (χ1v) is 5.55. The van der Waals surface area contributed by atoms with Gasteiger partial charge in [-0.2, -0.15) is 0 Å². The van der Waals surface area contributed by atoms with Crippen molar-refractivity contribution in [3.8, 4) is 0 Å². The molecule has 0 aromatic carbocycles. The molecule has 0 atom stereocenters. The Kier molecular flexibility index (Phi) is 4.74. The highest BCUT2D eigenvalue weighted by Gasteiger charge is 2.24. The van der Waals surface area contributed by atoms with Crippen molar-refractivity contribution in [1.29, 1.82) is 0 Å². The second kappa shape index (κ2) is 5.61. The van der Waals surface area contributed by atoms with Crippen LogP contribution in [0.25, 0.3) is 0 Å². The number of aliphatic hydroxyl groups is 1. The van der Waals surface area contributed by atoms with Crippen LogP contribution in [0.3, 0.4) is 0 Å². The molecule has 3 rings (SSSR count). The quantitative estimate of drug-likeness (QED) is 0.672. The standard InChI is InChI=1S/C7H13N.C4H10O/c1-4-8-5-2-7(1)3-6-8;1-4(2)3-5/h7H,1-6H2;4-5H,3H2,1-2H3. The molecule has 3 aliphatic heterocycles. The molecule has 0 amide bonds. The Morgan fingerprint density at radius 3 is 1.62 bits per heavy atom. The molecular formula is C11H23NO. The minimum Gasteiger partial charge on any atom is -0.396 e. The van der Waals surface area contributed by atoms with Crippen LogP contribution < -0.4 is 0 Å². The lowest BCUT2D eigenvalue weighted by Gasteiger charge is -2.38. The smallest absolute Gasteiger partial charge is 0.0453 e. The Morgan fingerprint density at radius 2 is 1.54 bits per heavy atom.